The minimum Gasteiger partial charge on any atom is -0.489 e. The van der Waals surface area contributed by atoms with Crippen LogP contribution in [0.1, 0.15) is 46.5 Å². The molecule has 4 heteroatoms. The Morgan fingerprint density at radius 3 is 3.00 bits per heavy atom. The van der Waals surface area contributed by atoms with E-state index in [-0.39, 0.29) is 12.4 Å². The molecule has 0 bridgehead atoms. The maximum Gasteiger partial charge on any atom is 0.231 e. The van der Waals surface area contributed by atoms with Crippen molar-refractivity contribution >= 4 is 0 Å². The van der Waals surface area contributed by atoms with Crippen molar-refractivity contribution in [1.82, 2.24) is 0 Å². The highest BCUT2D eigenvalue weighted by Crippen LogP contribution is 2.43. The van der Waals surface area contributed by atoms with Gasteiger partial charge in [-0.2, -0.15) is 0 Å². The molecule has 1 fully saturated rings. The molecule has 0 radical (unpaired) electrons. The highest BCUT2D eigenvalue weighted by Gasteiger charge is 2.50. The number of allylic oxidation sites excluding steroid dienone is 1. The summed E-state index contributed by atoms with van der Waals surface area (Å²) in [5.41, 5.74) is 1.48. The third kappa shape index (κ3) is 3.99. The summed E-state index contributed by atoms with van der Waals surface area (Å²) in [4.78, 5) is 0. The molecule has 0 aliphatic carbocycles. The van der Waals surface area contributed by atoms with Gasteiger partial charge in [-0.3, -0.25) is 0 Å². The number of epoxide rings is 1. The van der Waals surface area contributed by atoms with Crippen molar-refractivity contribution in [3.63, 3.8) is 0 Å². The lowest BCUT2D eigenvalue weighted by molar-refractivity contribution is 0.174. The van der Waals surface area contributed by atoms with E-state index in [2.05, 4.69) is 26.8 Å². The average molecular weight is 318 g/mol. The van der Waals surface area contributed by atoms with Crippen LogP contribution in [0, 0.1) is 0 Å². The molecule has 2 heterocycles. The molecule has 126 valence electrons. The normalized spacial score (nSPS) is 25.5. The van der Waals surface area contributed by atoms with Crippen LogP contribution in [0.4, 0.5) is 0 Å². The van der Waals surface area contributed by atoms with Gasteiger partial charge in [-0.25, -0.2) is 0 Å². The molecular formula is C19H26O4. The first kappa shape index (κ1) is 16.2. The number of hydrogen-bond acceptors (Lipinski definition) is 4. The summed E-state index contributed by atoms with van der Waals surface area (Å²) in [6, 6.07) is 5.66. The van der Waals surface area contributed by atoms with E-state index < -0.39 is 0 Å². The Kier molecular flexibility index (Phi) is 4.81. The quantitative estimate of drug-likeness (QED) is 0.523. The van der Waals surface area contributed by atoms with Gasteiger partial charge in [0.25, 0.3) is 0 Å². The van der Waals surface area contributed by atoms with Gasteiger partial charge in [0.05, 0.1) is 11.7 Å². The zero-order valence-corrected chi connectivity index (χ0v) is 14.3. The minimum atomic E-state index is 0.137. The van der Waals surface area contributed by atoms with Crippen LogP contribution < -0.4 is 14.2 Å². The lowest BCUT2D eigenvalue weighted by atomic mass is 9.97. The van der Waals surface area contributed by atoms with Gasteiger partial charge in [-0.15, -0.1) is 0 Å². The molecule has 2 unspecified atom stereocenters. The van der Waals surface area contributed by atoms with Crippen LogP contribution >= 0.6 is 0 Å². The first-order valence-electron chi connectivity index (χ1n) is 8.46. The highest BCUT2D eigenvalue weighted by atomic mass is 16.7. The Morgan fingerprint density at radius 2 is 2.17 bits per heavy atom. The van der Waals surface area contributed by atoms with Crippen LogP contribution in [0.25, 0.3) is 0 Å². The SMILES string of the molecule is CCCC1(C)OC1CC/C(C)=C/COc1ccc2c(c1)OCO2. The summed E-state index contributed by atoms with van der Waals surface area (Å²) in [6.07, 6.45) is 7.08. The van der Waals surface area contributed by atoms with Crippen molar-refractivity contribution in [3.05, 3.63) is 29.8 Å². The summed E-state index contributed by atoms with van der Waals surface area (Å²) in [7, 11) is 0. The first-order chi connectivity index (χ1) is 11.1. The Hall–Kier alpha value is -1.68. The molecule has 3 rings (SSSR count). The lowest BCUT2D eigenvalue weighted by Gasteiger charge is -2.06. The molecule has 0 amide bonds. The van der Waals surface area contributed by atoms with Crippen LogP contribution in [0.15, 0.2) is 29.8 Å². The summed E-state index contributed by atoms with van der Waals surface area (Å²) in [5, 5.41) is 0. The van der Waals surface area contributed by atoms with E-state index in [1.807, 2.05) is 18.2 Å². The van der Waals surface area contributed by atoms with Gasteiger partial charge in [0, 0.05) is 6.07 Å². The number of benzene rings is 1. The molecule has 1 aromatic carbocycles. The largest absolute Gasteiger partial charge is 0.489 e. The van der Waals surface area contributed by atoms with Gasteiger partial charge in [0.15, 0.2) is 11.5 Å². The average Bonchev–Trinajstić information content (AvgIpc) is 2.95. The zero-order valence-electron chi connectivity index (χ0n) is 14.3. The van der Waals surface area contributed by atoms with E-state index in [1.54, 1.807) is 0 Å². The summed E-state index contributed by atoms with van der Waals surface area (Å²) in [6.45, 7) is 7.45. The second-order valence-electron chi connectivity index (χ2n) is 6.58. The standard InChI is InChI=1S/C19H26O4/c1-4-10-19(3)18(23-19)8-5-14(2)9-11-20-15-6-7-16-17(12-15)22-13-21-16/h6-7,9,12,18H,4-5,8,10-11,13H2,1-3H3/b14-9+. The van der Waals surface area contributed by atoms with Gasteiger partial charge in [-0.1, -0.05) is 18.9 Å². The molecule has 4 nitrogen and oxygen atoms in total. The van der Waals surface area contributed by atoms with Crippen LogP contribution in [0.5, 0.6) is 17.2 Å². The van der Waals surface area contributed by atoms with E-state index in [0.29, 0.717) is 12.7 Å². The number of hydrogen-bond donors (Lipinski definition) is 0. The highest BCUT2D eigenvalue weighted by molar-refractivity contribution is 5.46. The molecule has 0 saturated carbocycles. The van der Waals surface area contributed by atoms with Crippen molar-refractivity contribution in [2.24, 2.45) is 0 Å². The van der Waals surface area contributed by atoms with E-state index in [1.165, 1.54) is 12.0 Å². The van der Waals surface area contributed by atoms with Gasteiger partial charge in [-0.05, 0) is 51.3 Å². The van der Waals surface area contributed by atoms with Gasteiger partial charge in [0.1, 0.15) is 12.4 Å². The molecule has 23 heavy (non-hydrogen) atoms. The zero-order chi connectivity index (χ0) is 16.3. The molecule has 2 atom stereocenters. The van der Waals surface area contributed by atoms with E-state index in [9.17, 15) is 0 Å². The molecule has 1 aromatic rings. The fourth-order valence-corrected chi connectivity index (χ4v) is 3.08. The Labute approximate surface area is 138 Å². The minimum absolute atomic E-state index is 0.137. The van der Waals surface area contributed by atoms with Crippen LogP contribution in [-0.4, -0.2) is 25.1 Å². The Morgan fingerprint density at radius 1 is 1.35 bits per heavy atom. The van der Waals surface area contributed by atoms with Crippen LogP contribution in [0.3, 0.4) is 0 Å². The Balaban J connectivity index is 1.40. The summed E-state index contributed by atoms with van der Waals surface area (Å²) < 4.78 is 22.2. The molecule has 0 spiro atoms. The van der Waals surface area contributed by atoms with Gasteiger partial charge < -0.3 is 18.9 Å². The predicted molar refractivity (Wildman–Crippen MR) is 89.2 cm³/mol. The molecule has 2 aliphatic heterocycles. The monoisotopic (exact) mass is 318 g/mol. The van der Waals surface area contributed by atoms with Gasteiger partial charge >= 0.3 is 0 Å². The topological polar surface area (TPSA) is 40.2 Å². The number of rotatable bonds is 8. The van der Waals surface area contributed by atoms with Crippen molar-refractivity contribution in [3.8, 4) is 17.2 Å². The molecular weight excluding hydrogens is 292 g/mol. The van der Waals surface area contributed by atoms with Gasteiger partial charge in [0.2, 0.25) is 6.79 Å². The fourth-order valence-electron chi connectivity index (χ4n) is 3.08. The summed E-state index contributed by atoms with van der Waals surface area (Å²) in [5.74, 6) is 2.34. The Bertz CT molecular complexity index is 581. The van der Waals surface area contributed by atoms with E-state index in [4.69, 9.17) is 18.9 Å². The molecule has 0 N–H and O–H groups in total. The number of ether oxygens (including phenoxy) is 4. The fraction of sp³-hybridized carbons (Fsp3) is 0.579. The van der Waals surface area contributed by atoms with Crippen LogP contribution in [0.2, 0.25) is 0 Å². The van der Waals surface area contributed by atoms with Crippen molar-refractivity contribution in [2.45, 2.75) is 58.2 Å². The second-order valence-corrected chi connectivity index (χ2v) is 6.58. The predicted octanol–water partition coefficient (Wildman–Crippen LogP) is 4.48. The molecule has 2 aliphatic rings. The molecule has 1 saturated heterocycles. The maximum atomic E-state index is 5.83. The van der Waals surface area contributed by atoms with Crippen LogP contribution in [-0.2, 0) is 4.74 Å². The van der Waals surface area contributed by atoms with Crippen molar-refractivity contribution in [2.75, 3.05) is 13.4 Å². The van der Waals surface area contributed by atoms with Crippen molar-refractivity contribution < 1.29 is 18.9 Å². The molecule has 0 aromatic heterocycles. The lowest BCUT2D eigenvalue weighted by Crippen LogP contribution is -2.09. The van der Waals surface area contributed by atoms with E-state index >= 15 is 0 Å². The number of fused-ring (bicyclic) bond motifs is 1. The summed E-state index contributed by atoms with van der Waals surface area (Å²) >= 11 is 0. The van der Waals surface area contributed by atoms with Crippen molar-refractivity contribution in [1.29, 1.82) is 0 Å². The first-order valence-corrected chi connectivity index (χ1v) is 8.46. The third-order valence-electron chi connectivity index (χ3n) is 4.61. The second kappa shape index (κ2) is 6.83. The smallest absolute Gasteiger partial charge is 0.231 e. The van der Waals surface area contributed by atoms with E-state index in [0.717, 1.165) is 36.5 Å². The third-order valence-corrected chi connectivity index (χ3v) is 4.61. The maximum absolute atomic E-state index is 5.83.